The van der Waals surface area contributed by atoms with Gasteiger partial charge >= 0.3 is 0 Å². The number of rotatable bonds is 5. The summed E-state index contributed by atoms with van der Waals surface area (Å²) in [6.45, 7) is 0.439. The van der Waals surface area contributed by atoms with E-state index in [1.54, 1.807) is 0 Å². The first-order valence-corrected chi connectivity index (χ1v) is 8.01. The van der Waals surface area contributed by atoms with Crippen molar-refractivity contribution in [3.63, 3.8) is 0 Å². The topological polar surface area (TPSA) is 66.5 Å². The first-order valence-electron chi connectivity index (χ1n) is 6.18. The number of carbonyl (C=O) groups excluding carboxylic acids is 1. The summed E-state index contributed by atoms with van der Waals surface area (Å²) in [5.41, 5.74) is 0. The van der Waals surface area contributed by atoms with Crippen LogP contribution in [0, 0.1) is 12.3 Å². The van der Waals surface area contributed by atoms with Crippen molar-refractivity contribution in [2.75, 3.05) is 24.6 Å². The van der Waals surface area contributed by atoms with Gasteiger partial charge in [0.05, 0.1) is 24.6 Å². The van der Waals surface area contributed by atoms with Crippen LogP contribution in [0.3, 0.4) is 0 Å². The number of carbonyl (C=O) groups is 1. The standard InChI is InChI=1S/C12H18N2O3S/c1-2-6-14(11-5-7-18(16,17)9-11)12(15)8-13-10-3-4-10/h1,10-11,13H,3-9H2. The van der Waals surface area contributed by atoms with E-state index in [0.29, 0.717) is 12.5 Å². The molecule has 5 nitrogen and oxygen atoms in total. The quantitative estimate of drug-likeness (QED) is 0.677. The molecule has 2 fully saturated rings. The fourth-order valence-corrected chi connectivity index (χ4v) is 3.89. The lowest BCUT2D eigenvalue weighted by Gasteiger charge is -2.26. The minimum atomic E-state index is -2.99. The second kappa shape index (κ2) is 5.29. The summed E-state index contributed by atoms with van der Waals surface area (Å²) in [4.78, 5) is 13.6. The van der Waals surface area contributed by atoms with Crippen molar-refractivity contribution in [3.05, 3.63) is 0 Å². The van der Waals surface area contributed by atoms with Crippen molar-refractivity contribution in [1.29, 1.82) is 0 Å². The number of hydrogen-bond donors (Lipinski definition) is 1. The lowest BCUT2D eigenvalue weighted by Crippen LogP contribution is -2.45. The number of hydrogen-bond acceptors (Lipinski definition) is 4. The molecule has 0 spiro atoms. The molecule has 18 heavy (non-hydrogen) atoms. The fraction of sp³-hybridized carbons (Fsp3) is 0.750. The molecule has 1 unspecified atom stereocenters. The highest BCUT2D eigenvalue weighted by molar-refractivity contribution is 7.91. The Morgan fingerprint density at radius 3 is 2.61 bits per heavy atom. The van der Waals surface area contributed by atoms with Crippen LogP contribution in [0.5, 0.6) is 0 Å². The Bertz CT molecular complexity index is 462. The minimum absolute atomic E-state index is 0.0455. The molecule has 1 aliphatic carbocycles. The Hall–Kier alpha value is -1.06. The van der Waals surface area contributed by atoms with Gasteiger partial charge in [-0.05, 0) is 19.3 Å². The Labute approximate surface area is 108 Å². The molecule has 0 aromatic heterocycles. The molecule has 1 atom stereocenters. The van der Waals surface area contributed by atoms with E-state index in [1.807, 2.05) is 0 Å². The molecule has 1 aliphatic heterocycles. The van der Waals surface area contributed by atoms with Crippen LogP contribution in [0.2, 0.25) is 0 Å². The maximum atomic E-state index is 12.0. The zero-order chi connectivity index (χ0) is 13.2. The minimum Gasteiger partial charge on any atom is -0.326 e. The van der Waals surface area contributed by atoms with E-state index in [1.165, 1.54) is 4.90 Å². The van der Waals surface area contributed by atoms with Crippen LogP contribution in [0.1, 0.15) is 19.3 Å². The zero-order valence-electron chi connectivity index (χ0n) is 10.3. The SMILES string of the molecule is C#CCN(C(=O)CNC1CC1)C1CCS(=O)(=O)C1. The molecule has 0 aromatic rings. The highest BCUT2D eigenvalue weighted by Gasteiger charge is 2.34. The highest BCUT2D eigenvalue weighted by atomic mass is 32.2. The third-order valence-electron chi connectivity index (χ3n) is 3.35. The summed E-state index contributed by atoms with van der Waals surface area (Å²) in [6.07, 6.45) is 7.98. The zero-order valence-corrected chi connectivity index (χ0v) is 11.1. The van der Waals surface area contributed by atoms with Gasteiger partial charge in [0.15, 0.2) is 9.84 Å². The van der Waals surface area contributed by atoms with Crippen LogP contribution < -0.4 is 5.32 Å². The number of nitrogens with one attached hydrogen (secondary N) is 1. The molecule has 1 saturated heterocycles. The van der Waals surface area contributed by atoms with Gasteiger partial charge in [-0.1, -0.05) is 5.92 Å². The molecular weight excluding hydrogens is 252 g/mol. The van der Waals surface area contributed by atoms with Crippen molar-refractivity contribution in [3.8, 4) is 12.3 Å². The van der Waals surface area contributed by atoms with E-state index in [2.05, 4.69) is 11.2 Å². The van der Waals surface area contributed by atoms with E-state index >= 15 is 0 Å². The molecule has 6 heteroatoms. The van der Waals surface area contributed by atoms with Gasteiger partial charge in [-0.25, -0.2) is 8.42 Å². The monoisotopic (exact) mass is 270 g/mol. The molecule has 0 aromatic carbocycles. The number of nitrogens with zero attached hydrogens (tertiary/aromatic N) is 1. The highest BCUT2D eigenvalue weighted by Crippen LogP contribution is 2.20. The van der Waals surface area contributed by atoms with E-state index in [9.17, 15) is 13.2 Å². The molecule has 1 amide bonds. The second-order valence-electron chi connectivity index (χ2n) is 4.94. The van der Waals surface area contributed by atoms with E-state index in [0.717, 1.165) is 12.8 Å². The summed E-state index contributed by atoms with van der Waals surface area (Å²) in [5.74, 6) is 2.54. The predicted octanol–water partition coefficient (Wildman–Crippen LogP) is -0.613. The van der Waals surface area contributed by atoms with Gasteiger partial charge in [0, 0.05) is 12.1 Å². The van der Waals surface area contributed by atoms with Gasteiger partial charge in [-0.15, -0.1) is 6.42 Å². The number of sulfone groups is 1. The van der Waals surface area contributed by atoms with Crippen LogP contribution in [0.25, 0.3) is 0 Å². The normalized spacial score (nSPS) is 25.6. The van der Waals surface area contributed by atoms with Crippen LogP contribution in [0.4, 0.5) is 0 Å². The molecule has 0 bridgehead atoms. The lowest BCUT2D eigenvalue weighted by atomic mass is 10.2. The van der Waals surface area contributed by atoms with Crippen LogP contribution in [-0.4, -0.2) is 55.9 Å². The average molecular weight is 270 g/mol. The van der Waals surface area contributed by atoms with Crippen LogP contribution >= 0.6 is 0 Å². The largest absolute Gasteiger partial charge is 0.326 e. The van der Waals surface area contributed by atoms with Crippen molar-refractivity contribution < 1.29 is 13.2 Å². The Morgan fingerprint density at radius 1 is 1.39 bits per heavy atom. The molecule has 1 saturated carbocycles. The molecule has 1 heterocycles. The predicted molar refractivity (Wildman–Crippen MR) is 68.6 cm³/mol. The Kier molecular flexibility index (Phi) is 3.93. The average Bonchev–Trinajstić information content (AvgIpc) is 3.07. The Balaban J connectivity index is 1.94. The first kappa shape index (κ1) is 13.4. The van der Waals surface area contributed by atoms with E-state index < -0.39 is 9.84 Å². The van der Waals surface area contributed by atoms with Gasteiger partial charge in [-0.2, -0.15) is 0 Å². The summed E-state index contributed by atoms with van der Waals surface area (Å²) in [7, 11) is -2.99. The van der Waals surface area contributed by atoms with Gasteiger partial charge in [0.1, 0.15) is 0 Å². The summed E-state index contributed by atoms with van der Waals surface area (Å²) in [6, 6.07) is 0.202. The summed E-state index contributed by atoms with van der Waals surface area (Å²) < 4.78 is 22.9. The van der Waals surface area contributed by atoms with Gasteiger partial charge in [0.25, 0.3) is 0 Å². The smallest absolute Gasteiger partial charge is 0.237 e. The van der Waals surface area contributed by atoms with Crippen molar-refractivity contribution in [2.24, 2.45) is 0 Å². The van der Waals surface area contributed by atoms with Crippen molar-refractivity contribution in [1.82, 2.24) is 10.2 Å². The molecule has 2 rings (SSSR count). The third-order valence-corrected chi connectivity index (χ3v) is 5.10. The van der Waals surface area contributed by atoms with Gasteiger partial charge < -0.3 is 10.2 Å². The maximum absolute atomic E-state index is 12.0. The fourth-order valence-electron chi connectivity index (χ4n) is 2.16. The van der Waals surface area contributed by atoms with Crippen molar-refractivity contribution >= 4 is 15.7 Å². The van der Waals surface area contributed by atoms with E-state index in [4.69, 9.17) is 6.42 Å². The molecule has 0 radical (unpaired) electrons. The lowest BCUT2D eigenvalue weighted by molar-refractivity contribution is -0.131. The third kappa shape index (κ3) is 3.47. The van der Waals surface area contributed by atoms with Gasteiger partial charge in [-0.3, -0.25) is 4.79 Å². The second-order valence-corrected chi connectivity index (χ2v) is 7.17. The first-order chi connectivity index (χ1) is 8.52. The number of terminal acetylenes is 1. The molecule has 100 valence electrons. The maximum Gasteiger partial charge on any atom is 0.237 e. The molecule has 1 N–H and O–H groups in total. The Morgan fingerprint density at radius 2 is 2.11 bits per heavy atom. The summed E-state index contributed by atoms with van der Waals surface area (Å²) >= 11 is 0. The van der Waals surface area contributed by atoms with Gasteiger partial charge in [0.2, 0.25) is 5.91 Å². The summed E-state index contributed by atoms with van der Waals surface area (Å²) in [5, 5.41) is 3.13. The van der Waals surface area contributed by atoms with Crippen LogP contribution in [-0.2, 0) is 14.6 Å². The van der Waals surface area contributed by atoms with Crippen LogP contribution in [0.15, 0.2) is 0 Å². The van der Waals surface area contributed by atoms with E-state index in [-0.39, 0.29) is 36.5 Å². The molecular formula is C12H18N2O3S. The number of amides is 1. The molecule has 2 aliphatic rings. The van der Waals surface area contributed by atoms with Crippen molar-refractivity contribution in [2.45, 2.75) is 31.3 Å².